The van der Waals surface area contributed by atoms with E-state index in [-0.39, 0.29) is 11.5 Å². The van der Waals surface area contributed by atoms with Crippen molar-refractivity contribution in [3.8, 4) is 5.69 Å². The lowest BCUT2D eigenvalue weighted by atomic mass is 10.2. The number of anilines is 1. The second-order valence-electron chi connectivity index (χ2n) is 5.58. The molecule has 0 saturated heterocycles. The molecule has 1 aromatic carbocycles. The molecule has 2 aromatic heterocycles. The van der Waals surface area contributed by atoms with Crippen molar-refractivity contribution in [2.45, 2.75) is 6.92 Å². The monoisotopic (exact) mass is 372 g/mol. The van der Waals surface area contributed by atoms with Crippen molar-refractivity contribution in [1.29, 1.82) is 0 Å². The number of hydrogen-bond acceptors (Lipinski definition) is 4. The predicted molar refractivity (Wildman–Crippen MR) is 96.5 cm³/mol. The summed E-state index contributed by atoms with van der Waals surface area (Å²) in [7, 11) is 1.38. The maximum absolute atomic E-state index is 13.9. The number of nitrogens with zero attached hydrogens (tertiary/aromatic N) is 4. The summed E-state index contributed by atoms with van der Waals surface area (Å²) >= 11 is 6.10. The average molecular weight is 373 g/mol. The quantitative estimate of drug-likeness (QED) is 0.708. The summed E-state index contributed by atoms with van der Waals surface area (Å²) in [5, 5.41) is 4.57. The number of rotatable bonds is 3. The van der Waals surface area contributed by atoms with E-state index >= 15 is 0 Å². The molecular weight excluding hydrogens is 359 g/mol. The molecule has 1 amide bonds. The molecule has 0 aliphatic carbocycles. The molecule has 2 heterocycles. The van der Waals surface area contributed by atoms with Crippen molar-refractivity contribution in [1.82, 2.24) is 14.8 Å². The molecule has 0 fully saturated rings. The highest BCUT2D eigenvalue weighted by molar-refractivity contribution is 6.31. The maximum atomic E-state index is 13.9. The summed E-state index contributed by atoms with van der Waals surface area (Å²) in [5.74, 6) is -1.37. The van der Waals surface area contributed by atoms with E-state index in [4.69, 9.17) is 11.6 Å². The zero-order chi connectivity index (χ0) is 18.8. The molecule has 0 N–H and O–H groups in total. The molecule has 0 unspecified atom stereocenters. The summed E-state index contributed by atoms with van der Waals surface area (Å²) in [6.45, 7) is 1.83. The van der Waals surface area contributed by atoms with Gasteiger partial charge in [0.25, 0.3) is 11.5 Å². The fourth-order valence-corrected chi connectivity index (χ4v) is 2.49. The summed E-state index contributed by atoms with van der Waals surface area (Å²) in [4.78, 5) is 29.7. The largest absolute Gasteiger partial charge is 0.292 e. The number of aryl methyl sites for hydroxylation is 1. The van der Waals surface area contributed by atoms with Gasteiger partial charge in [0.2, 0.25) is 0 Å². The van der Waals surface area contributed by atoms with Gasteiger partial charge in [0.15, 0.2) is 11.6 Å². The Kier molecular flexibility index (Phi) is 4.81. The Balaban J connectivity index is 2.02. The maximum Gasteiger partial charge on any atom is 0.279 e. The van der Waals surface area contributed by atoms with Crippen LogP contribution in [0.3, 0.4) is 0 Å². The van der Waals surface area contributed by atoms with Crippen molar-refractivity contribution in [3.63, 3.8) is 0 Å². The van der Waals surface area contributed by atoms with Gasteiger partial charge in [-0.3, -0.25) is 14.5 Å². The van der Waals surface area contributed by atoms with Crippen molar-refractivity contribution in [3.05, 3.63) is 81.1 Å². The van der Waals surface area contributed by atoms with Gasteiger partial charge in [0, 0.05) is 24.3 Å². The Labute approximate surface area is 153 Å². The summed E-state index contributed by atoms with van der Waals surface area (Å²) in [5.41, 5.74) is 0.815. The van der Waals surface area contributed by atoms with E-state index in [0.717, 1.165) is 15.1 Å². The number of carbonyl (C=O) groups excluding carboxylic acids is 1. The van der Waals surface area contributed by atoms with E-state index in [2.05, 4.69) is 10.1 Å². The number of carbonyl (C=O) groups is 1. The molecule has 0 aliphatic heterocycles. The molecule has 132 valence electrons. The second-order valence-corrected chi connectivity index (χ2v) is 5.98. The zero-order valence-electron chi connectivity index (χ0n) is 14.0. The van der Waals surface area contributed by atoms with E-state index in [1.807, 2.05) is 6.92 Å². The van der Waals surface area contributed by atoms with Gasteiger partial charge in [-0.15, -0.1) is 0 Å². The van der Waals surface area contributed by atoms with Crippen LogP contribution in [-0.2, 0) is 0 Å². The minimum Gasteiger partial charge on any atom is -0.292 e. The molecule has 0 bridgehead atoms. The third-order valence-electron chi connectivity index (χ3n) is 3.78. The van der Waals surface area contributed by atoms with E-state index in [9.17, 15) is 14.0 Å². The Hall–Kier alpha value is -3.06. The minimum atomic E-state index is -0.637. The van der Waals surface area contributed by atoms with Gasteiger partial charge >= 0.3 is 0 Å². The molecule has 3 rings (SSSR count). The van der Waals surface area contributed by atoms with Gasteiger partial charge < -0.3 is 0 Å². The van der Waals surface area contributed by atoms with Crippen LogP contribution in [0.2, 0.25) is 5.02 Å². The number of pyridine rings is 1. The standard InChI is InChI=1S/C18H14ClFN4O2/c1-11-5-6-12(10-13(11)19)24-16(25)8-7-15(22-24)18(26)23(2)17-14(20)4-3-9-21-17/h3-10H,1-2H3. The first-order chi connectivity index (χ1) is 12.4. The van der Waals surface area contributed by atoms with Gasteiger partial charge in [-0.05, 0) is 42.8 Å². The highest BCUT2D eigenvalue weighted by Crippen LogP contribution is 2.19. The van der Waals surface area contributed by atoms with Crippen LogP contribution >= 0.6 is 11.6 Å². The van der Waals surface area contributed by atoms with Crippen molar-refractivity contribution < 1.29 is 9.18 Å². The third-order valence-corrected chi connectivity index (χ3v) is 4.19. The molecular formula is C18H14ClFN4O2. The number of amides is 1. The number of halogens is 2. The average Bonchev–Trinajstić information content (AvgIpc) is 2.64. The summed E-state index contributed by atoms with van der Waals surface area (Å²) < 4.78 is 14.9. The first kappa shape index (κ1) is 17.8. The second kappa shape index (κ2) is 7.05. The van der Waals surface area contributed by atoms with E-state index in [1.54, 1.807) is 18.2 Å². The Morgan fingerprint density at radius 2 is 2.00 bits per heavy atom. The van der Waals surface area contributed by atoms with Gasteiger partial charge in [-0.25, -0.2) is 9.37 Å². The molecule has 8 heteroatoms. The van der Waals surface area contributed by atoms with Gasteiger partial charge in [0.1, 0.15) is 5.69 Å². The Bertz CT molecular complexity index is 1050. The van der Waals surface area contributed by atoms with Crippen LogP contribution in [0.1, 0.15) is 16.1 Å². The molecule has 0 spiro atoms. The Morgan fingerprint density at radius 3 is 2.69 bits per heavy atom. The SMILES string of the molecule is Cc1ccc(-n2nc(C(=O)N(C)c3ncccc3F)ccc2=O)cc1Cl. The van der Waals surface area contributed by atoms with Gasteiger partial charge in [-0.2, -0.15) is 9.78 Å². The Morgan fingerprint density at radius 1 is 1.23 bits per heavy atom. The fourth-order valence-electron chi connectivity index (χ4n) is 2.32. The zero-order valence-corrected chi connectivity index (χ0v) is 14.7. The topological polar surface area (TPSA) is 68.1 Å². The number of hydrogen-bond donors (Lipinski definition) is 0. The van der Waals surface area contributed by atoms with Crippen LogP contribution in [0.25, 0.3) is 5.69 Å². The van der Waals surface area contributed by atoms with Crippen LogP contribution in [0.5, 0.6) is 0 Å². The van der Waals surface area contributed by atoms with E-state index < -0.39 is 17.3 Å². The number of benzene rings is 1. The molecule has 0 radical (unpaired) electrons. The molecule has 6 nitrogen and oxygen atoms in total. The lowest BCUT2D eigenvalue weighted by Gasteiger charge is -2.16. The van der Waals surface area contributed by atoms with Crippen LogP contribution < -0.4 is 10.5 Å². The van der Waals surface area contributed by atoms with E-state index in [1.165, 1.54) is 37.5 Å². The molecule has 26 heavy (non-hydrogen) atoms. The third kappa shape index (κ3) is 3.34. The van der Waals surface area contributed by atoms with Crippen molar-refractivity contribution >= 4 is 23.3 Å². The molecule has 0 aliphatic rings. The highest BCUT2D eigenvalue weighted by Gasteiger charge is 2.20. The number of aromatic nitrogens is 3. The van der Waals surface area contributed by atoms with Gasteiger partial charge in [0.05, 0.1) is 5.69 Å². The van der Waals surface area contributed by atoms with Crippen molar-refractivity contribution in [2.75, 3.05) is 11.9 Å². The first-order valence-electron chi connectivity index (χ1n) is 7.64. The van der Waals surface area contributed by atoms with Crippen LogP contribution in [-0.4, -0.2) is 27.7 Å². The van der Waals surface area contributed by atoms with Crippen molar-refractivity contribution in [2.24, 2.45) is 0 Å². The lowest BCUT2D eigenvalue weighted by Crippen LogP contribution is -2.31. The first-order valence-corrected chi connectivity index (χ1v) is 8.02. The molecule has 0 atom stereocenters. The normalized spacial score (nSPS) is 10.6. The van der Waals surface area contributed by atoms with Gasteiger partial charge in [-0.1, -0.05) is 17.7 Å². The van der Waals surface area contributed by atoms with Crippen LogP contribution in [0.4, 0.5) is 10.2 Å². The highest BCUT2D eigenvalue weighted by atomic mass is 35.5. The molecule has 0 saturated carbocycles. The van der Waals surface area contributed by atoms with E-state index in [0.29, 0.717) is 10.7 Å². The fraction of sp³-hybridized carbons (Fsp3) is 0.111. The van der Waals surface area contributed by atoms with Crippen LogP contribution in [0, 0.1) is 12.7 Å². The molecule has 3 aromatic rings. The summed E-state index contributed by atoms with van der Waals surface area (Å²) in [6, 6.07) is 10.1. The minimum absolute atomic E-state index is 0.0335. The summed E-state index contributed by atoms with van der Waals surface area (Å²) in [6.07, 6.45) is 1.38. The van der Waals surface area contributed by atoms with Crippen LogP contribution in [0.15, 0.2) is 53.5 Å². The predicted octanol–water partition coefficient (Wildman–Crippen LogP) is 3.01. The smallest absolute Gasteiger partial charge is 0.279 e. The lowest BCUT2D eigenvalue weighted by molar-refractivity contribution is 0.0985.